The summed E-state index contributed by atoms with van der Waals surface area (Å²) in [6.07, 6.45) is 7.06. The van der Waals surface area contributed by atoms with E-state index in [1.54, 1.807) is 0 Å². The Morgan fingerprint density at radius 1 is 1.00 bits per heavy atom. The fourth-order valence-electron chi connectivity index (χ4n) is 0.715. The first kappa shape index (κ1) is 8.56. The van der Waals surface area contributed by atoms with E-state index in [1.807, 2.05) is 0 Å². The molecule has 0 N–H and O–H groups in total. The quantitative estimate of drug-likeness (QED) is 0.443. The normalized spacial score (nSPS) is 9.75. The maximum atomic E-state index is 2.64. The number of rotatable bonds is 5. The van der Waals surface area contributed by atoms with Crippen LogP contribution >= 0.6 is 0 Å². The molecule has 0 bridgehead atoms. The van der Waals surface area contributed by atoms with Crippen LogP contribution in [0.25, 0.3) is 0 Å². The molecule has 0 saturated carbocycles. The molecule has 0 fully saturated rings. The van der Waals surface area contributed by atoms with E-state index in [1.165, 1.54) is 37.3 Å². The zero-order valence-electron chi connectivity index (χ0n) is 5.69. The molecule has 0 rings (SSSR count). The van der Waals surface area contributed by atoms with Crippen LogP contribution < -0.4 is 0 Å². The Morgan fingerprint density at radius 3 is 2.12 bits per heavy atom. The number of unbranched alkanes of at least 4 members (excludes halogenated alkanes) is 4. The van der Waals surface area contributed by atoms with Crippen molar-refractivity contribution in [3.8, 4) is 0 Å². The first-order chi connectivity index (χ1) is 3.91. The van der Waals surface area contributed by atoms with Gasteiger partial charge >= 0.3 is 61.1 Å². The molecular formula is C7H15As+. The number of hydrogen-bond donors (Lipinski definition) is 0. The molecule has 0 unspecified atom stereocenters. The van der Waals surface area contributed by atoms with Gasteiger partial charge in [0.15, 0.2) is 0 Å². The molecule has 0 aliphatic heterocycles. The molecule has 0 spiro atoms. The second-order valence-corrected chi connectivity index (χ2v) is 3.08. The Balaban J connectivity index is 2.53. The Hall–Kier alpha value is 0.558. The zero-order valence-corrected chi connectivity index (χ0v) is 7.57. The van der Waals surface area contributed by atoms with Gasteiger partial charge < -0.3 is 0 Å². The van der Waals surface area contributed by atoms with Gasteiger partial charge in [-0.1, -0.05) is 0 Å². The first-order valence-electron chi connectivity index (χ1n) is 3.52. The van der Waals surface area contributed by atoms with Crippen LogP contribution in [0.15, 0.2) is 0 Å². The summed E-state index contributed by atoms with van der Waals surface area (Å²) in [5.41, 5.74) is 0. The van der Waals surface area contributed by atoms with E-state index in [4.69, 9.17) is 0 Å². The molecule has 8 heavy (non-hydrogen) atoms. The Kier molecular flexibility index (Phi) is 8.09. The third kappa shape index (κ3) is 6.56. The predicted molar refractivity (Wildman–Crippen MR) is 39.3 cm³/mol. The zero-order chi connectivity index (χ0) is 6.24. The summed E-state index contributed by atoms with van der Waals surface area (Å²) in [4.78, 5) is 0. The molecule has 0 atom stereocenters. The standard InChI is InChI=1S/C7H15As/c1-2-3-4-5-6-7-8/h2-7H2,1H3/q+1. The van der Waals surface area contributed by atoms with E-state index < -0.39 is 0 Å². The Bertz CT molecular complexity index is 29.4. The van der Waals surface area contributed by atoms with Gasteiger partial charge in [0.05, 0.1) is 0 Å². The number of hydrogen-bond acceptors (Lipinski definition) is 0. The van der Waals surface area contributed by atoms with Crippen molar-refractivity contribution < 1.29 is 0 Å². The SMILES string of the molecule is CCCCCCC[As+]. The molecule has 0 nitrogen and oxygen atoms in total. The van der Waals surface area contributed by atoms with Crippen molar-refractivity contribution in [2.45, 2.75) is 44.2 Å². The molecule has 47 valence electrons. The summed E-state index contributed by atoms with van der Waals surface area (Å²) >= 11 is 2.64. The molecule has 0 aromatic carbocycles. The molecule has 0 aromatic heterocycles. The van der Waals surface area contributed by atoms with Gasteiger partial charge in [-0.2, -0.15) is 0 Å². The minimum atomic E-state index is 1.30. The van der Waals surface area contributed by atoms with Crippen LogP contribution in [0.1, 0.15) is 39.0 Å². The van der Waals surface area contributed by atoms with Crippen LogP contribution in [-0.2, 0) is 0 Å². The van der Waals surface area contributed by atoms with Gasteiger partial charge in [0, 0.05) is 0 Å². The molecule has 0 aromatic rings. The Labute approximate surface area is 61.5 Å². The van der Waals surface area contributed by atoms with Crippen LogP contribution in [0, 0.1) is 0 Å². The fraction of sp³-hybridized carbons (Fsp3) is 1.00. The van der Waals surface area contributed by atoms with Gasteiger partial charge in [0.1, 0.15) is 0 Å². The van der Waals surface area contributed by atoms with Gasteiger partial charge in [0.25, 0.3) is 0 Å². The summed E-state index contributed by atoms with van der Waals surface area (Å²) < 4.78 is 0. The Morgan fingerprint density at radius 2 is 1.62 bits per heavy atom. The van der Waals surface area contributed by atoms with Gasteiger partial charge in [-0.25, -0.2) is 0 Å². The van der Waals surface area contributed by atoms with E-state index in [0.29, 0.717) is 0 Å². The molecular weight excluding hydrogens is 159 g/mol. The molecule has 0 heterocycles. The molecule has 0 aliphatic carbocycles. The van der Waals surface area contributed by atoms with E-state index in [0.717, 1.165) is 0 Å². The summed E-state index contributed by atoms with van der Waals surface area (Å²) in [6.45, 7) is 2.25. The maximum absolute atomic E-state index is 2.64. The average molecular weight is 174 g/mol. The molecule has 0 amide bonds. The van der Waals surface area contributed by atoms with E-state index in [9.17, 15) is 0 Å². The van der Waals surface area contributed by atoms with Crippen LogP contribution in [0.5, 0.6) is 0 Å². The molecule has 0 saturated heterocycles. The van der Waals surface area contributed by atoms with Crippen molar-refractivity contribution in [2.75, 3.05) is 0 Å². The minimum absolute atomic E-state index is 1.30. The van der Waals surface area contributed by atoms with Crippen LogP contribution in [0.2, 0.25) is 5.21 Å². The van der Waals surface area contributed by atoms with Crippen LogP contribution in [-0.4, -0.2) is 16.9 Å². The monoisotopic (exact) mass is 174 g/mol. The summed E-state index contributed by atoms with van der Waals surface area (Å²) in [7, 11) is 0. The molecule has 3 radical (unpaired) electrons. The van der Waals surface area contributed by atoms with Crippen molar-refractivity contribution in [1.29, 1.82) is 0 Å². The van der Waals surface area contributed by atoms with Gasteiger partial charge in [-0.15, -0.1) is 0 Å². The van der Waals surface area contributed by atoms with Crippen molar-refractivity contribution in [1.82, 2.24) is 0 Å². The molecule has 1 heteroatoms. The second-order valence-electron chi connectivity index (χ2n) is 2.14. The predicted octanol–water partition coefficient (Wildman–Crippen LogP) is 2.54. The van der Waals surface area contributed by atoms with Crippen molar-refractivity contribution in [3.05, 3.63) is 0 Å². The van der Waals surface area contributed by atoms with Crippen LogP contribution in [0.3, 0.4) is 0 Å². The van der Waals surface area contributed by atoms with Crippen molar-refractivity contribution in [3.63, 3.8) is 0 Å². The summed E-state index contributed by atoms with van der Waals surface area (Å²) in [5, 5.41) is 1.30. The van der Waals surface area contributed by atoms with Gasteiger partial charge in [-0.05, 0) is 0 Å². The molecule has 0 aliphatic rings. The van der Waals surface area contributed by atoms with E-state index in [2.05, 4.69) is 23.8 Å². The second kappa shape index (κ2) is 7.56. The van der Waals surface area contributed by atoms with Crippen molar-refractivity contribution >= 4 is 16.9 Å². The average Bonchev–Trinajstić information content (AvgIpc) is 1.81. The van der Waals surface area contributed by atoms with E-state index >= 15 is 0 Å². The first-order valence-corrected chi connectivity index (χ1v) is 4.85. The van der Waals surface area contributed by atoms with E-state index in [-0.39, 0.29) is 0 Å². The summed E-state index contributed by atoms with van der Waals surface area (Å²) in [5.74, 6) is 0. The third-order valence-electron chi connectivity index (χ3n) is 1.26. The topological polar surface area (TPSA) is 0 Å². The summed E-state index contributed by atoms with van der Waals surface area (Å²) in [6, 6.07) is 0. The third-order valence-corrected chi connectivity index (χ3v) is 1.93. The van der Waals surface area contributed by atoms with Crippen molar-refractivity contribution in [2.24, 2.45) is 0 Å². The van der Waals surface area contributed by atoms with Gasteiger partial charge in [0.2, 0.25) is 0 Å². The van der Waals surface area contributed by atoms with Crippen LogP contribution in [0.4, 0.5) is 0 Å². The fourth-order valence-corrected chi connectivity index (χ4v) is 1.18. The van der Waals surface area contributed by atoms with Gasteiger partial charge in [-0.3, -0.25) is 0 Å².